The summed E-state index contributed by atoms with van der Waals surface area (Å²) < 4.78 is 0.720. The van der Waals surface area contributed by atoms with Gasteiger partial charge in [0.15, 0.2) is 0 Å². The van der Waals surface area contributed by atoms with E-state index in [9.17, 15) is 9.59 Å². The minimum absolute atomic E-state index is 0.0339. The first-order valence-corrected chi connectivity index (χ1v) is 10.3. The highest BCUT2D eigenvalue weighted by Crippen LogP contribution is 2.33. The number of piperidine rings is 1. The number of carbonyl (C=O) groups is 2. The van der Waals surface area contributed by atoms with Gasteiger partial charge >= 0.3 is 5.97 Å². The minimum atomic E-state index is -0.809. The highest BCUT2D eigenvalue weighted by Gasteiger charge is 2.27. The molecule has 3 rings (SSSR count). The number of aliphatic carboxylic acids is 1. The Morgan fingerprint density at radius 1 is 1.36 bits per heavy atom. The molecule has 1 atom stereocenters. The number of carboxylic acid groups (broad SMARTS) is 1. The third-order valence-electron chi connectivity index (χ3n) is 4.31. The van der Waals surface area contributed by atoms with E-state index in [4.69, 9.17) is 16.7 Å². The first-order valence-electron chi connectivity index (χ1n) is 8.24. The van der Waals surface area contributed by atoms with Crippen LogP contribution in [0.5, 0.6) is 0 Å². The highest BCUT2D eigenvalue weighted by molar-refractivity contribution is 7.23. The molecule has 5 nitrogen and oxygen atoms in total. The molecule has 1 aliphatic rings. The van der Waals surface area contributed by atoms with Gasteiger partial charge in [-0.25, -0.2) is 4.98 Å². The first-order chi connectivity index (χ1) is 12.0. The molecule has 1 aliphatic heterocycles. The van der Waals surface area contributed by atoms with Crippen LogP contribution in [0.1, 0.15) is 37.8 Å². The number of thiazole rings is 1. The molecule has 3 heterocycles. The molecular weight excluding hydrogens is 380 g/mol. The summed E-state index contributed by atoms with van der Waals surface area (Å²) >= 11 is 8.95. The van der Waals surface area contributed by atoms with Gasteiger partial charge in [0.2, 0.25) is 5.91 Å². The van der Waals surface area contributed by atoms with Gasteiger partial charge in [0.05, 0.1) is 21.3 Å². The van der Waals surface area contributed by atoms with E-state index in [1.165, 1.54) is 22.7 Å². The zero-order chi connectivity index (χ0) is 17.8. The van der Waals surface area contributed by atoms with Crippen molar-refractivity contribution in [2.24, 2.45) is 0 Å². The molecule has 1 fully saturated rings. The topological polar surface area (TPSA) is 70.5 Å². The fraction of sp³-hybridized carbons (Fsp3) is 0.471. The summed E-state index contributed by atoms with van der Waals surface area (Å²) in [5.41, 5.74) is 0.761. The monoisotopic (exact) mass is 398 g/mol. The summed E-state index contributed by atoms with van der Waals surface area (Å²) in [5.74, 6) is -0.770. The molecule has 0 spiro atoms. The Labute approximate surface area is 159 Å². The van der Waals surface area contributed by atoms with E-state index >= 15 is 0 Å². The fourth-order valence-electron chi connectivity index (χ4n) is 3.11. The zero-order valence-corrected chi connectivity index (χ0v) is 16.0. The molecular formula is C17H19ClN2O3S2. The van der Waals surface area contributed by atoms with Crippen LogP contribution < -0.4 is 0 Å². The Hall–Kier alpha value is -1.44. The van der Waals surface area contributed by atoms with Crippen LogP contribution >= 0.6 is 34.3 Å². The Morgan fingerprint density at radius 3 is 2.92 bits per heavy atom. The molecule has 1 unspecified atom stereocenters. The molecule has 2 aromatic heterocycles. The van der Waals surface area contributed by atoms with Crippen molar-refractivity contribution in [1.82, 2.24) is 9.88 Å². The molecule has 0 saturated carbocycles. The number of aromatic nitrogens is 1. The minimum Gasteiger partial charge on any atom is -0.481 e. The van der Waals surface area contributed by atoms with Gasteiger partial charge in [0.25, 0.3) is 0 Å². The van der Waals surface area contributed by atoms with Gasteiger partial charge in [-0.3, -0.25) is 9.59 Å². The van der Waals surface area contributed by atoms with Gasteiger partial charge in [-0.1, -0.05) is 11.6 Å². The Morgan fingerprint density at radius 2 is 2.20 bits per heavy atom. The lowest BCUT2D eigenvalue weighted by Crippen LogP contribution is -2.44. The lowest BCUT2D eigenvalue weighted by molar-refractivity contribution is -0.139. The third-order valence-corrected chi connectivity index (χ3v) is 6.60. The SMILES string of the molecule is O=C(O)CCC1CCCCN1C(=O)Cc1csc(-c2ccc(Cl)s2)n1. The van der Waals surface area contributed by atoms with Crippen LogP contribution in [0.15, 0.2) is 17.5 Å². The van der Waals surface area contributed by atoms with E-state index in [-0.39, 0.29) is 24.8 Å². The number of likely N-dealkylation sites (tertiary alicyclic amines) is 1. The van der Waals surface area contributed by atoms with Crippen molar-refractivity contribution in [2.45, 2.75) is 44.6 Å². The van der Waals surface area contributed by atoms with Gasteiger partial charge in [-0.05, 0) is 37.8 Å². The van der Waals surface area contributed by atoms with Crippen LogP contribution in [0, 0.1) is 0 Å². The maximum atomic E-state index is 12.7. The van der Waals surface area contributed by atoms with Gasteiger partial charge < -0.3 is 10.0 Å². The van der Waals surface area contributed by atoms with Crippen LogP contribution in [-0.4, -0.2) is 39.5 Å². The summed E-state index contributed by atoms with van der Waals surface area (Å²) in [7, 11) is 0. The van der Waals surface area contributed by atoms with Gasteiger partial charge in [-0.2, -0.15) is 0 Å². The summed E-state index contributed by atoms with van der Waals surface area (Å²) in [6, 6.07) is 3.81. The molecule has 1 saturated heterocycles. The predicted molar refractivity (Wildman–Crippen MR) is 100 cm³/mol. The number of hydrogen-bond acceptors (Lipinski definition) is 5. The summed E-state index contributed by atoms with van der Waals surface area (Å²) in [6.07, 6.45) is 3.80. The van der Waals surface area contributed by atoms with E-state index in [0.29, 0.717) is 13.0 Å². The van der Waals surface area contributed by atoms with Crippen molar-refractivity contribution < 1.29 is 14.7 Å². The maximum Gasteiger partial charge on any atom is 0.303 e. The number of hydrogen-bond donors (Lipinski definition) is 1. The Bertz CT molecular complexity index is 759. The standard InChI is InChI=1S/C17H19ClN2O3S2/c18-14-6-5-13(25-14)17-19-11(10-24-17)9-15(21)20-8-2-1-3-12(20)4-7-16(22)23/h5-6,10,12H,1-4,7-9H2,(H,22,23). The van der Waals surface area contributed by atoms with Crippen molar-refractivity contribution >= 4 is 46.2 Å². The Kier molecular flexibility index (Phi) is 6.09. The zero-order valence-electron chi connectivity index (χ0n) is 13.6. The van der Waals surface area contributed by atoms with Crippen molar-refractivity contribution in [3.05, 3.63) is 27.5 Å². The predicted octanol–water partition coefficient (Wildman–Crippen LogP) is 4.31. The number of carbonyl (C=O) groups excluding carboxylic acids is 1. The van der Waals surface area contributed by atoms with Crippen molar-refractivity contribution in [1.29, 1.82) is 0 Å². The lowest BCUT2D eigenvalue weighted by Gasteiger charge is -2.35. The summed E-state index contributed by atoms with van der Waals surface area (Å²) in [6.45, 7) is 0.709. The van der Waals surface area contributed by atoms with E-state index in [1.54, 1.807) is 0 Å². The van der Waals surface area contributed by atoms with Crippen LogP contribution in [0.2, 0.25) is 4.34 Å². The van der Waals surface area contributed by atoms with E-state index in [2.05, 4.69) is 4.98 Å². The average Bonchev–Trinajstić information content (AvgIpc) is 3.22. The largest absolute Gasteiger partial charge is 0.481 e. The summed E-state index contributed by atoms with van der Waals surface area (Å²) in [5, 5.41) is 11.7. The molecule has 0 aromatic carbocycles. The quantitative estimate of drug-likeness (QED) is 0.786. The number of rotatable bonds is 6. The molecule has 8 heteroatoms. The number of carboxylic acids is 1. The van der Waals surface area contributed by atoms with E-state index < -0.39 is 5.97 Å². The second kappa shape index (κ2) is 8.29. The first kappa shape index (κ1) is 18.4. The molecule has 2 aromatic rings. The number of nitrogens with zero attached hydrogens (tertiary/aromatic N) is 2. The van der Waals surface area contributed by atoms with Crippen LogP contribution in [0.3, 0.4) is 0 Å². The molecule has 134 valence electrons. The smallest absolute Gasteiger partial charge is 0.303 e. The van der Waals surface area contributed by atoms with Crippen molar-refractivity contribution in [3.63, 3.8) is 0 Å². The lowest BCUT2D eigenvalue weighted by atomic mass is 9.97. The molecule has 0 aliphatic carbocycles. The highest BCUT2D eigenvalue weighted by atomic mass is 35.5. The average molecular weight is 399 g/mol. The number of halogens is 1. The van der Waals surface area contributed by atoms with Crippen molar-refractivity contribution in [2.75, 3.05) is 6.54 Å². The Balaban J connectivity index is 1.64. The maximum absolute atomic E-state index is 12.7. The molecule has 25 heavy (non-hydrogen) atoms. The van der Waals surface area contributed by atoms with Gasteiger partial charge in [-0.15, -0.1) is 22.7 Å². The molecule has 1 N–H and O–H groups in total. The van der Waals surface area contributed by atoms with Crippen LogP contribution in [0.4, 0.5) is 0 Å². The van der Waals surface area contributed by atoms with E-state index in [1.807, 2.05) is 22.4 Å². The third kappa shape index (κ3) is 4.80. The normalized spacial score (nSPS) is 17.6. The second-order valence-electron chi connectivity index (χ2n) is 6.09. The van der Waals surface area contributed by atoms with Gasteiger partial charge in [0, 0.05) is 24.4 Å². The molecule has 1 amide bonds. The fourth-order valence-corrected chi connectivity index (χ4v) is 5.04. The molecule has 0 radical (unpaired) electrons. The number of amides is 1. The number of thiophene rings is 1. The second-order valence-corrected chi connectivity index (χ2v) is 8.67. The van der Waals surface area contributed by atoms with Crippen LogP contribution in [-0.2, 0) is 16.0 Å². The molecule has 0 bridgehead atoms. The van der Waals surface area contributed by atoms with Gasteiger partial charge in [0.1, 0.15) is 5.01 Å². The van der Waals surface area contributed by atoms with Crippen LogP contribution in [0.25, 0.3) is 9.88 Å². The van der Waals surface area contributed by atoms with Crippen molar-refractivity contribution in [3.8, 4) is 9.88 Å². The van der Waals surface area contributed by atoms with E-state index in [0.717, 1.165) is 39.2 Å². The summed E-state index contributed by atoms with van der Waals surface area (Å²) in [4.78, 5) is 30.9.